The van der Waals surface area contributed by atoms with Crippen LogP contribution >= 0.6 is 11.6 Å². The lowest BCUT2D eigenvalue weighted by molar-refractivity contribution is -1.03. The molecule has 4 rings (SSSR count). The minimum Gasteiger partial charge on any atom is -0.322 e. The largest absolute Gasteiger partial charge is 0.322 e. The van der Waals surface area contributed by atoms with Gasteiger partial charge < -0.3 is 9.80 Å². The van der Waals surface area contributed by atoms with Crippen LogP contribution in [-0.4, -0.2) is 41.2 Å². The van der Waals surface area contributed by atoms with Crippen LogP contribution in [0.3, 0.4) is 0 Å². The van der Waals surface area contributed by atoms with Crippen LogP contribution in [0.4, 0.5) is 0 Å². The van der Waals surface area contributed by atoms with Crippen molar-refractivity contribution in [2.24, 2.45) is 0 Å². The molecule has 2 aromatic carbocycles. The van der Waals surface area contributed by atoms with Crippen molar-refractivity contribution in [3.05, 3.63) is 69.5 Å². The van der Waals surface area contributed by atoms with Crippen LogP contribution in [0.5, 0.6) is 0 Å². The average Bonchev–Trinajstić information content (AvgIpc) is 2.67. The van der Waals surface area contributed by atoms with E-state index in [1.54, 1.807) is 4.90 Å². The fourth-order valence-electron chi connectivity index (χ4n) is 3.52. The van der Waals surface area contributed by atoms with Gasteiger partial charge in [0.15, 0.2) is 6.67 Å². The molecule has 0 unspecified atom stereocenters. The molecule has 0 bridgehead atoms. The number of piperazine rings is 1. The number of nitrogens with one attached hydrogen (secondary N) is 2. The molecule has 1 aliphatic heterocycles. The van der Waals surface area contributed by atoms with E-state index in [2.05, 4.69) is 22.4 Å². The Labute approximate surface area is 156 Å². The summed E-state index contributed by atoms with van der Waals surface area (Å²) in [6.45, 7) is 5.78. The van der Waals surface area contributed by atoms with Gasteiger partial charge in [-0.25, -0.2) is 0 Å². The van der Waals surface area contributed by atoms with E-state index >= 15 is 0 Å². The Morgan fingerprint density at radius 1 is 0.962 bits per heavy atom. The van der Waals surface area contributed by atoms with E-state index in [1.165, 1.54) is 15.1 Å². The molecule has 0 aliphatic carbocycles. The molecule has 0 saturated carbocycles. The summed E-state index contributed by atoms with van der Waals surface area (Å²) < 4.78 is 1.50. The smallest absolute Gasteiger partial charge is 0.282 e. The second kappa shape index (κ2) is 7.53. The third-order valence-electron chi connectivity index (χ3n) is 5.03. The number of rotatable bonds is 4. The normalized spacial score (nSPS) is 20.3. The average molecular weight is 372 g/mol. The predicted octanol–water partition coefficient (Wildman–Crippen LogP) is -0.614. The number of benzene rings is 2. The Kier molecular flexibility index (Phi) is 4.97. The summed E-state index contributed by atoms with van der Waals surface area (Å²) in [6, 6.07) is 15.4. The standard InChI is InChI=1S/C19H20ClN5O/c20-16-7-5-15(6-8-16)13-23-9-11-24(12-10-23)14-25-19(26)17-3-1-2-4-18(17)21-22-25/h1-8H,9-14H2/p+2. The number of halogens is 1. The van der Waals surface area contributed by atoms with E-state index in [1.807, 2.05) is 36.4 Å². The number of quaternary nitrogens is 2. The molecular formula is C19H22ClN5O+2. The Hall–Kier alpha value is -2.28. The van der Waals surface area contributed by atoms with Crippen LogP contribution in [0.1, 0.15) is 5.56 Å². The lowest BCUT2D eigenvalue weighted by Gasteiger charge is -2.29. The molecular weight excluding hydrogens is 350 g/mol. The molecule has 134 valence electrons. The second-order valence-electron chi connectivity index (χ2n) is 6.87. The first-order chi connectivity index (χ1) is 12.7. The topological polar surface area (TPSA) is 56.7 Å². The quantitative estimate of drug-likeness (QED) is 0.643. The van der Waals surface area contributed by atoms with Crippen LogP contribution in [0, 0.1) is 0 Å². The highest BCUT2D eigenvalue weighted by Gasteiger charge is 2.24. The van der Waals surface area contributed by atoms with Crippen LogP contribution in [0.15, 0.2) is 53.3 Å². The lowest BCUT2D eigenvalue weighted by Crippen LogP contribution is -3.27. The van der Waals surface area contributed by atoms with Gasteiger partial charge in [-0.2, -0.15) is 4.68 Å². The Bertz CT molecular complexity index is 948. The number of nitrogens with zero attached hydrogens (tertiary/aromatic N) is 3. The summed E-state index contributed by atoms with van der Waals surface area (Å²) in [7, 11) is 0. The third-order valence-corrected chi connectivity index (χ3v) is 5.29. The fourth-order valence-corrected chi connectivity index (χ4v) is 3.65. The van der Waals surface area contributed by atoms with E-state index < -0.39 is 0 Å². The van der Waals surface area contributed by atoms with Gasteiger partial charge in [-0.15, -0.1) is 5.10 Å². The minimum atomic E-state index is -0.0564. The maximum Gasteiger partial charge on any atom is 0.282 e. The lowest BCUT2D eigenvalue weighted by atomic mass is 10.2. The summed E-state index contributed by atoms with van der Waals surface area (Å²) in [5, 5.41) is 9.69. The molecule has 1 fully saturated rings. The molecule has 7 heteroatoms. The molecule has 2 N–H and O–H groups in total. The van der Waals surface area contributed by atoms with Gasteiger partial charge in [-0.1, -0.05) is 41.1 Å². The van der Waals surface area contributed by atoms with Crippen LogP contribution in [-0.2, 0) is 13.2 Å². The highest BCUT2D eigenvalue weighted by Crippen LogP contribution is 2.08. The number of aromatic nitrogens is 3. The zero-order valence-electron chi connectivity index (χ0n) is 14.5. The van der Waals surface area contributed by atoms with Crippen molar-refractivity contribution in [1.29, 1.82) is 0 Å². The Balaban J connectivity index is 1.37. The minimum absolute atomic E-state index is 0.0564. The summed E-state index contributed by atoms with van der Waals surface area (Å²) in [5.74, 6) is 0. The summed E-state index contributed by atoms with van der Waals surface area (Å²) in [6.07, 6.45) is 0. The highest BCUT2D eigenvalue weighted by atomic mass is 35.5. The molecule has 3 aromatic rings. The van der Waals surface area contributed by atoms with Gasteiger partial charge in [0, 0.05) is 10.6 Å². The molecule has 6 nitrogen and oxygen atoms in total. The van der Waals surface area contributed by atoms with E-state index in [4.69, 9.17) is 11.6 Å². The maximum atomic E-state index is 12.6. The Morgan fingerprint density at radius 3 is 2.42 bits per heavy atom. The zero-order valence-corrected chi connectivity index (χ0v) is 15.2. The van der Waals surface area contributed by atoms with Crippen molar-refractivity contribution in [3.8, 4) is 0 Å². The van der Waals surface area contributed by atoms with E-state index in [0.29, 0.717) is 17.6 Å². The van der Waals surface area contributed by atoms with Crippen molar-refractivity contribution >= 4 is 22.5 Å². The first-order valence-electron chi connectivity index (χ1n) is 8.93. The van der Waals surface area contributed by atoms with Gasteiger partial charge in [0.25, 0.3) is 5.56 Å². The number of hydrogen-bond acceptors (Lipinski definition) is 3. The van der Waals surface area contributed by atoms with Gasteiger partial charge in [-0.3, -0.25) is 4.79 Å². The summed E-state index contributed by atoms with van der Waals surface area (Å²) >= 11 is 5.95. The molecule has 0 radical (unpaired) electrons. The molecule has 1 aromatic heterocycles. The van der Waals surface area contributed by atoms with Crippen LogP contribution < -0.4 is 15.4 Å². The molecule has 0 atom stereocenters. The van der Waals surface area contributed by atoms with E-state index in [0.717, 1.165) is 37.7 Å². The van der Waals surface area contributed by atoms with Gasteiger partial charge in [0.1, 0.15) is 38.2 Å². The molecule has 1 saturated heterocycles. The molecule has 0 spiro atoms. The second-order valence-corrected chi connectivity index (χ2v) is 7.31. The van der Waals surface area contributed by atoms with E-state index in [9.17, 15) is 4.79 Å². The van der Waals surface area contributed by atoms with Crippen molar-refractivity contribution < 1.29 is 9.80 Å². The SMILES string of the molecule is O=c1c2ccccc2nnn1C[NH+]1CC[NH+](Cc2ccc(Cl)cc2)CC1. The van der Waals surface area contributed by atoms with Crippen LogP contribution in [0.2, 0.25) is 5.02 Å². The van der Waals surface area contributed by atoms with Gasteiger partial charge in [-0.05, 0) is 24.3 Å². The molecule has 26 heavy (non-hydrogen) atoms. The van der Waals surface area contributed by atoms with Crippen LogP contribution in [0.25, 0.3) is 10.9 Å². The first kappa shape index (κ1) is 17.1. The predicted molar refractivity (Wildman–Crippen MR) is 100 cm³/mol. The van der Waals surface area contributed by atoms with Crippen molar-refractivity contribution in [2.45, 2.75) is 13.2 Å². The number of hydrogen-bond donors (Lipinski definition) is 2. The Morgan fingerprint density at radius 2 is 1.65 bits per heavy atom. The zero-order chi connectivity index (χ0) is 17.9. The van der Waals surface area contributed by atoms with Gasteiger partial charge >= 0.3 is 0 Å². The monoisotopic (exact) mass is 371 g/mol. The van der Waals surface area contributed by atoms with Crippen molar-refractivity contribution in [1.82, 2.24) is 15.0 Å². The van der Waals surface area contributed by atoms with Gasteiger partial charge in [0.05, 0.1) is 5.39 Å². The molecule has 0 amide bonds. The maximum absolute atomic E-state index is 12.6. The van der Waals surface area contributed by atoms with Gasteiger partial charge in [0.2, 0.25) is 0 Å². The number of fused-ring (bicyclic) bond motifs is 1. The molecule has 1 aliphatic rings. The summed E-state index contributed by atoms with van der Waals surface area (Å²) in [5.41, 5.74) is 1.91. The third kappa shape index (κ3) is 3.77. The summed E-state index contributed by atoms with van der Waals surface area (Å²) in [4.78, 5) is 15.5. The first-order valence-corrected chi connectivity index (χ1v) is 9.31. The van der Waals surface area contributed by atoms with Crippen molar-refractivity contribution in [3.63, 3.8) is 0 Å². The highest BCUT2D eigenvalue weighted by molar-refractivity contribution is 6.30. The molecule has 2 heterocycles. The fraction of sp³-hybridized carbons (Fsp3) is 0.316. The van der Waals surface area contributed by atoms with Crippen molar-refractivity contribution in [2.75, 3.05) is 26.2 Å². The van der Waals surface area contributed by atoms with E-state index in [-0.39, 0.29) is 5.56 Å².